The van der Waals surface area contributed by atoms with E-state index >= 15 is 0 Å². The maximum absolute atomic E-state index is 12.0. The zero-order valence-electron chi connectivity index (χ0n) is 10.8. The normalized spacial score (nSPS) is 21.2. The third kappa shape index (κ3) is 2.25. The summed E-state index contributed by atoms with van der Waals surface area (Å²) in [5.41, 5.74) is 0. The molecule has 1 fully saturated rings. The van der Waals surface area contributed by atoms with Crippen molar-refractivity contribution in [3.8, 4) is 5.75 Å². The van der Waals surface area contributed by atoms with Crippen molar-refractivity contribution in [1.29, 1.82) is 0 Å². The Labute approximate surface area is 116 Å². The maximum Gasteiger partial charge on any atom is 0.314 e. The zero-order valence-corrected chi connectivity index (χ0v) is 10.8. The summed E-state index contributed by atoms with van der Waals surface area (Å²) in [7, 11) is 0. The number of hydrogen-bond acceptors (Lipinski definition) is 3. The molecule has 1 aliphatic carbocycles. The van der Waals surface area contributed by atoms with E-state index in [1.54, 1.807) is 6.07 Å². The van der Waals surface area contributed by atoms with E-state index in [4.69, 9.17) is 9.84 Å². The van der Waals surface area contributed by atoms with Gasteiger partial charge in [-0.3, -0.25) is 9.59 Å². The summed E-state index contributed by atoms with van der Waals surface area (Å²) >= 11 is 0. The van der Waals surface area contributed by atoms with Crippen molar-refractivity contribution in [2.24, 2.45) is 11.8 Å². The Kier molecular flexibility index (Phi) is 3.14. The fraction of sp³-hybridized carbons (Fsp3) is 0.250. The van der Waals surface area contributed by atoms with Gasteiger partial charge < -0.3 is 9.84 Å². The maximum atomic E-state index is 12.0. The fourth-order valence-corrected chi connectivity index (χ4v) is 2.49. The molecule has 0 bridgehead atoms. The highest BCUT2D eigenvalue weighted by molar-refractivity contribution is 5.91. The van der Waals surface area contributed by atoms with Crippen LogP contribution < -0.4 is 4.74 Å². The standard InChI is InChI=1S/C16H14O4/c17-15(18)11-8-12(9-11)16(19)20-14-7-3-5-10-4-1-2-6-13(10)14/h1-7,11-12H,8-9H2,(H,17,18). The van der Waals surface area contributed by atoms with E-state index in [1.807, 2.05) is 36.4 Å². The minimum Gasteiger partial charge on any atom is -0.481 e. The molecular weight excluding hydrogens is 256 g/mol. The van der Waals surface area contributed by atoms with E-state index < -0.39 is 11.9 Å². The van der Waals surface area contributed by atoms with Gasteiger partial charge in [-0.05, 0) is 24.3 Å². The fourth-order valence-electron chi connectivity index (χ4n) is 2.49. The predicted molar refractivity (Wildman–Crippen MR) is 73.4 cm³/mol. The van der Waals surface area contributed by atoms with Crippen molar-refractivity contribution in [3.05, 3.63) is 42.5 Å². The summed E-state index contributed by atoms with van der Waals surface area (Å²) in [6, 6.07) is 13.2. The predicted octanol–water partition coefficient (Wildman–Crippen LogP) is 2.86. The second-order valence-corrected chi connectivity index (χ2v) is 5.10. The SMILES string of the molecule is O=C(O)C1CC(C(=O)Oc2cccc3ccccc23)C1. The number of esters is 1. The minimum absolute atomic E-state index is 0.296. The number of fused-ring (bicyclic) bond motifs is 1. The van der Waals surface area contributed by atoms with Crippen molar-refractivity contribution < 1.29 is 19.4 Å². The first-order valence-electron chi connectivity index (χ1n) is 6.57. The zero-order chi connectivity index (χ0) is 14.1. The molecule has 0 heterocycles. The van der Waals surface area contributed by atoms with Gasteiger partial charge in [0.15, 0.2) is 0 Å². The van der Waals surface area contributed by atoms with Crippen molar-refractivity contribution in [1.82, 2.24) is 0 Å². The largest absolute Gasteiger partial charge is 0.481 e. The van der Waals surface area contributed by atoms with Gasteiger partial charge in [0.05, 0.1) is 11.8 Å². The summed E-state index contributed by atoms with van der Waals surface area (Å²) < 4.78 is 5.43. The molecule has 0 spiro atoms. The van der Waals surface area contributed by atoms with Gasteiger partial charge in [0, 0.05) is 5.39 Å². The highest BCUT2D eigenvalue weighted by Gasteiger charge is 2.40. The van der Waals surface area contributed by atoms with Gasteiger partial charge in [-0.25, -0.2) is 0 Å². The first-order valence-corrected chi connectivity index (χ1v) is 6.57. The minimum atomic E-state index is -0.834. The van der Waals surface area contributed by atoms with Crippen LogP contribution in [-0.2, 0) is 9.59 Å². The van der Waals surface area contributed by atoms with E-state index in [-0.39, 0.29) is 11.9 Å². The molecule has 1 aliphatic rings. The van der Waals surface area contributed by atoms with E-state index in [0.29, 0.717) is 18.6 Å². The molecular formula is C16H14O4. The first-order chi connectivity index (χ1) is 9.65. The summed E-state index contributed by atoms with van der Waals surface area (Å²) in [4.78, 5) is 22.7. The number of carbonyl (C=O) groups excluding carboxylic acids is 1. The summed E-state index contributed by atoms with van der Waals surface area (Å²) in [5, 5.41) is 10.7. The molecule has 2 aromatic carbocycles. The topological polar surface area (TPSA) is 63.6 Å². The van der Waals surface area contributed by atoms with Crippen LogP contribution in [0.1, 0.15) is 12.8 Å². The van der Waals surface area contributed by atoms with Crippen LogP contribution in [0.3, 0.4) is 0 Å². The lowest BCUT2D eigenvalue weighted by Crippen LogP contribution is -2.37. The van der Waals surface area contributed by atoms with Gasteiger partial charge in [0.25, 0.3) is 0 Å². The number of aliphatic carboxylic acids is 1. The molecule has 0 unspecified atom stereocenters. The number of benzene rings is 2. The molecule has 0 aliphatic heterocycles. The number of carbonyl (C=O) groups is 2. The first kappa shape index (κ1) is 12.7. The van der Waals surface area contributed by atoms with Gasteiger partial charge in [0.1, 0.15) is 5.75 Å². The number of hydrogen-bond donors (Lipinski definition) is 1. The van der Waals surface area contributed by atoms with Crippen molar-refractivity contribution in [2.45, 2.75) is 12.8 Å². The molecule has 3 rings (SSSR count). The number of ether oxygens (including phenoxy) is 1. The molecule has 0 aromatic heterocycles. The molecule has 0 atom stereocenters. The quantitative estimate of drug-likeness (QED) is 0.688. The van der Waals surface area contributed by atoms with Crippen LogP contribution in [0, 0.1) is 11.8 Å². The van der Waals surface area contributed by atoms with Crippen LogP contribution >= 0.6 is 0 Å². The Bertz CT molecular complexity index is 666. The lowest BCUT2D eigenvalue weighted by Gasteiger charge is -2.30. The lowest BCUT2D eigenvalue weighted by atomic mass is 9.75. The molecule has 2 aromatic rings. The van der Waals surface area contributed by atoms with Crippen LogP contribution in [0.25, 0.3) is 10.8 Å². The van der Waals surface area contributed by atoms with Gasteiger partial charge in [-0.2, -0.15) is 0 Å². The molecule has 1 N–H and O–H groups in total. The smallest absolute Gasteiger partial charge is 0.314 e. The lowest BCUT2D eigenvalue weighted by molar-refractivity contribution is -0.152. The Hall–Kier alpha value is -2.36. The Morgan fingerprint density at radius 1 is 1.00 bits per heavy atom. The summed E-state index contributed by atoms with van der Waals surface area (Å²) in [5.74, 6) is -1.33. The van der Waals surface area contributed by atoms with Crippen LogP contribution in [0.15, 0.2) is 42.5 Å². The van der Waals surface area contributed by atoms with Crippen LogP contribution in [0.2, 0.25) is 0 Å². The second-order valence-electron chi connectivity index (χ2n) is 5.10. The van der Waals surface area contributed by atoms with Crippen molar-refractivity contribution in [2.75, 3.05) is 0 Å². The highest BCUT2D eigenvalue weighted by atomic mass is 16.5. The molecule has 0 radical (unpaired) electrons. The molecule has 102 valence electrons. The Morgan fingerprint density at radius 3 is 2.45 bits per heavy atom. The van der Waals surface area contributed by atoms with Gasteiger partial charge in [-0.1, -0.05) is 36.4 Å². The summed E-state index contributed by atoms with van der Waals surface area (Å²) in [6.45, 7) is 0. The van der Waals surface area contributed by atoms with E-state index in [0.717, 1.165) is 10.8 Å². The van der Waals surface area contributed by atoms with Crippen molar-refractivity contribution in [3.63, 3.8) is 0 Å². The van der Waals surface area contributed by atoms with E-state index in [9.17, 15) is 9.59 Å². The third-order valence-electron chi connectivity index (χ3n) is 3.78. The number of carboxylic acids is 1. The third-order valence-corrected chi connectivity index (χ3v) is 3.78. The second kappa shape index (κ2) is 4.96. The van der Waals surface area contributed by atoms with Crippen molar-refractivity contribution >= 4 is 22.7 Å². The van der Waals surface area contributed by atoms with Gasteiger partial charge in [-0.15, -0.1) is 0 Å². The average molecular weight is 270 g/mol. The number of rotatable bonds is 3. The molecule has 1 saturated carbocycles. The Morgan fingerprint density at radius 2 is 1.70 bits per heavy atom. The monoisotopic (exact) mass is 270 g/mol. The number of carboxylic acid groups (broad SMARTS) is 1. The molecule has 0 saturated heterocycles. The van der Waals surface area contributed by atoms with Gasteiger partial charge in [0.2, 0.25) is 0 Å². The molecule has 4 heteroatoms. The van der Waals surface area contributed by atoms with Crippen LogP contribution in [0.4, 0.5) is 0 Å². The van der Waals surface area contributed by atoms with Crippen LogP contribution in [0.5, 0.6) is 5.75 Å². The summed E-state index contributed by atoms with van der Waals surface area (Å²) in [6.07, 6.45) is 0.748. The van der Waals surface area contributed by atoms with E-state index in [1.165, 1.54) is 0 Å². The Balaban J connectivity index is 1.74. The van der Waals surface area contributed by atoms with E-state index in [2.05, 4.69) is 0 Å². The average Bonchev–Trinajstić information content (AvgIpc) is 2.37. The molecule has 0 amide bonds. The highest BCUT2D eigenvalue weighted by Crippen LogP contribution is 2.35. The van der Waals surface area contributed by atoms with Gasteiger partial charge >= 0.3 is 11.9 Å². The molecule has 4 nitrogen and oxygen atoms in total. The van der Waals surface area contributed by atoms with Crippen LogP contribution in [-0.4, -0.2) is 17.0 Å². The molecule has 20 heavy (non-hydrogen) atoms.